The molecule has 0 aliphatic carbocycles. The molecular weight excluding hydrogens is 271 g/mol. The maximum Gasteiger partial charge on any atom is 0.191 e. The van der Waals surface area contributed by atoms with E-state index in [4.69, 9.17) is 16.3 Å². The van der Waals surface area contributed by atoms with Crippen molar-refractivity contribution in [2.75, 3.05) is 13.1 Å². The number of rotatable bonds is 2. The molecule has 1 aliphatic heterocycles. The van der Waals surface area contributed by atoms with Crippen LogP contribution in [0.5, 0.6) is 5.75 Å². The third-order valence-electron chi connectivity index (χ3n) is 2.53. The number of piperidine rings is 1. The van der Waals surface area contributed by atoms with Gasteiger partial charge in [-0.25, -0.2) is 8.78 Å². The summed E-state index contributed by atoms with van der Waals surface area (Å²) < 4.78 is 32.1. The highest BCUT2D eigenvalue weighted by Gasteiger charge is 2.19. The molecule has 1 heterocycles. The molecule has 0 spiro atoms. The summed E-state index contributed by atoms with van der Waals surface area (Å²) >= 11 is 5.52. The van der Waals surface area contributed by atoms with Crippen LogP contribution in [0.25, 0.3) is 0 Å². The Hall–Kier alpha value is -0.580. The second-order valence-electron chi connectivity index (χ2n) is 3.77. The quantitative estimate of drug-likeness (QED) is 0.900. The Morgan fingerprint density at radius 3 is 2.24 bits per heavy atom. The third-order valence-corrected chi connectivity index (χ3v) is 2.75. The zero-order valence-corrected chi connectivity index (χ0v) is 10.6. The van der Waals surface area contributed by atoms with Crippen molar-refractivity contribution in [3.63, 3.8) is 0 Å². The lowest BCUT2D eigenvalue weighted by Gasteiger charge is -2.24. The van der Waals surface area contributed by atoms with Gasteiger partial charge in [-0.15, -0.1) is 12.4 Å². The Morgan fingerprint density at radius 1 is 1.18 bits per heavy atom. The molecule has 1 aliphatic rings. The van der Waals surface area contributed by atoms with E-state index < -0.39 is 11.6 Å². The predicted octanol–water partition coefficient (Wildman–Crippen LogP) is 3.17. The summed E-state index contributed by atoms with van der Waals surface area (Å²) in [5.41, 5.74) is 0. The van der Waals surface area contributed by atoms with Crippen LogP contribution < -0.4 is 10.1 Å². The van der Waals surface area contributed by atoms with Gasteiger partial charge in [0.05, 0.1) is 0 Å². The summed E-state index contributed by atoms with van der Waals surface area (Å²) in [7, 11) is 0. The number of benzene rings is 1. The Bertz CT molecular complexity index is 361. The van der Waals surface area contributed by atoms with Gasteiger partial charge in [0.15, 0.2) is 17.4 Å². The average Bonchev–Trinajstić information content (AvgIpc) is 2.25. The van der Waals surface area contributed by atoms with E-state index in [1.54, 1.807) is 0 Å². The molecule has 2 rings (SSSR count). The summed E-state index contributed by atoms with van der Waals surface area (Å²) in [5.74, 6) is -1.82. The Balaban J connectivity index is 0.00000144. The monoisotopic (exact) mass is 283 g/mol. The number of hydrogen-bond donors (Lipinski definition) is 1. The van der Waals surface area contributed by atoms with E-state index in [-0.39, 0.29) is 29.3 Å². The van der Waals surface area contributed by atoms with E-state index in [9.17, 15) is 8.78 Å². The molecule has 1 fully saturated rings. The van der Waals surface area contributed by atoms with E-state index in [1.807, 2.05) is 0 Å². The van der Waals surface area contributed by atoms with E-state index >= 15 is 0 Å². The molecule has 0 aromatic heterocycles. The number of ether oxygens (including phenoxy) is 1. The fourth-order valence-electron chi connectivity index (χ4n) is 1.72. The highest BCUT2D eigenvalue weighted by molar-refractivity contribution is 6.30. The molecule has 1 N–H and O–H groups in total. The molecule has 0 amide bonds. The van der Waals surface area contributed by atoms with Gasteiger partial charge in [-0.2, -0.15) is 0 Å². The lowest BCUT2D eigenvalue weighted by molar-refractivity contribution is 0.149. The van der Waals surface area contributed by atoms with Crippen molar-refractivity contribution in [2.24, 2.45) is 0 Å². The van der Waals surface area contributed by atoms with Crippen LogP contribution in [0.3, 0.4) is 0 Å². The van der Waals surface area contributed by atoms with Crippen molar-refractivity contribution < 1.29 is 13.5 Å². The lowest BCUT2D eigenvalue weighted by Crippen LogP contribution is -2.34. The minimum absolute atomic E-state index is 0. The maximum atomic E-state index is 13.4. The standard InChI is InChI=1S/C11H12ClF2NO.ClH/c12-7-5-9(13)11(10(14)6-7)16-8-1-3-15-4-2-8;/h5-6,8,15H,1-4H2;1H. The van der Waals surface area contributed by atoms with Gasteiger partial charge in [-0.1, -0.05) is 11.6 Å². The topological polar surface area (TPSA) is 21.3 Å². The fraction of sp³-hybridized carbons (Fsp3) is 0.455. The first-order valence-corrected chi connectivity index (χ1v) is 5.56. The van der Waals surface area contributed by atoms with E-state index in [1.165, 1.54) is 0 Å². The molecule has 96 valence electrons. The molecular formula is C11H13Cl2F2NO. The Labute approximate surface area is 110 Å². The van der Waals surface area contributed by atoms with Crippen molar-refractivity contribution in [3.05, 3.63) is 28.8 Å². The van der Waals surface area contributed by atoms with Crippen LogP contribution in [-0.4, -0.2) is 19.2 Å². The van der Waals surface area contributed by atoms with Crippen molar-refractivity contribution in [1.82, 2.24) is 5.32 Å². The highest BCUT2D eigenvalue weighted by atomic mass is 35.5. The van der Waals surface area contributed by atoms with Crippen molar-refractivity contribution in [3.8, 4) is 5.75 Å². The van der Waals surface area contributed by atoms with Gasteiger partial charge in [-0.3, -0.25) is 0 Å². The number of nitrogens with one attached hydrogen (secondary N) is 1. The van der Waals surface area contributed by atoms with E-state index in [2.05, 4.69) is 5.32 Å². The van der Waals surface area contributed by atoms with E-state index in [0.717, 1.165) is 38.1 Å². The van der Waals surface area contributed by atoms with Gasteiger partial charge in [0, 0.05) is 5.02 Å². The summed E-state index contributed by atoms with van der Waals surface area (Å²) in [6, 6.07) is 2.11. The Morgan fingerprint density at radius 2 is 1.71 bits per heavy atom. The molecule has 1 saturated heterocycles. The molecule has 1 aromatic rings. The maximum absolute atomic E-state index is 13.4. The first-order valence-electron chi connectivity index (χ1n) is 5.19. The van der Waals surface area contributed by atoms with Crippen LogP contribution in [-0.2, 0) is 0 Å². The molecule has 0 unspecified atom stereocenters. The minimum Gasteiger partial charge on any atom is -0.484 e. The van der Waals surface area contributed by atoms with Gasteiger partial charge < -0.3 is 10.1 Å². The first kappa shape index (κ1) is 14.5. The molecule has 0 radical (unpaired) electrons. The minimum atomic E-state index is -0.747. The summed E-state index contributed by atoms with van der Waals surface area (Å²) in [6.45, 7) is 1.61. The largest absolute Gasteiger partial charge is 0.484 e. The predicted molar refractivity (Wildman–Crippen MR) is 65.1 cm³/mol. The highest BCUT2D eigenvalue weighted by Crippen LogP contribution is 2.27. The molecule has 1 aromatic carbocycles. The molecule has 6 heteroatoms. The molecule has 0 saturated carbocycles. The molecule has 0 bridgehead atoms. The number of hydrogen-bond acceptors (Lipinski definition) is 2. The molecule has 0 atom stereocenters. The first-order chi connectivity index (χ1) is 7.66. The van der Waals surface area contributed by atoms with Gasteiger partial charge in [0.25, 0.3) is 0 Å². The average molecular weight is 284 g/mol. The van der Waals surface area contributed by atoms with Crippen LogP contribution in [0, 0.1) is 11.6 Å². The Kier molecular flexibility index (Phi) is 5.43. The van der Waals surface area contributed by atoms with Gasteiger partial charge in [0.1, 0.15) is 6.10 Å². The van der Waals surface area contributed by atoms with Crippen LogP contribution >= 0.6 is 24.0 Å². The zero-order valence-electron chi connectivity index (χ0n) is 9.01. The molecule has 2 nitrogen and oxygen atoms in total. The summed E-state index contributed by atoms with van der Waals surface area (Å²) in [5, 5.41) is 3.19. The van der Waals surface area contributed by atoms with Crippen molar-refractivity contribution in [1.29, 1.82) is 0 Å². The van der Waals surface area contributed by atoms with Gasteiger partial charge >= 0.3 is 0 Å². The third kappa shape index (κ3) is 3.69. The summed E-state index contributed by atoms with van der Waals surface area (Å²) in [4.78, 5) is 0. The zero-order chi connectivity index (χ0) is 11.5. The number of halogens is 4. The fourth-order valence-corrected chi connectivity index (χ4v) is 1.91. The van der Waals surface area contributed by atoms with Crippen molar-refractivity contribution >= 4 is 24.0 Å². The normalized spacial score (nSPS) is 16.4. The van der Waals surface area contributed by atoms with E-state index in [0.29, 0.717) is 0 Å². The second kappa shape index (κ2) is 6.38. The van der Waals surface area contributed by atoms with Gasteiger partial charge in [-0.05, 0) is 38.1 Å². The lowest BCUT2D eigenvalue weighted by atomic mass is 10.1. The summed E-state index contributed by atoms with van der Waals surface area (Å²) in [6.07, 6.45) is 1.37. The van der Waals surface area contributed by atoms with Crippen molar-refractivity contribution in [2.45, 2.75) is 18.9 Å². The molecule has 17 heavy (non-hydrogen) atoms. The smallest absolute Gasteiger partial charge is 0.191 e. The second-order valence-corrected chi connectivity index (χ2v) is 4.20. The SMILES string of the molecule is Cl.Fc1cc(Cl)cc(F)c1OC1CCNCC1. The van der Waals surface area contributed by atoms with Crippen LogP contribution in [0.1, 0.15) is 12.8 Å². The van der Waals surface area contributed by atoms with Crippen LogP contribution in [0.2, 0.25) is 5.02 Å². The van der Waals surface area contributed by atoms with Crippen LogP contribution in [0.15, 0.2) is 12.1 Å². The van der Waals surface area contributed by atoms with Crippen LogP contribution in [0.4, 0.5) is 8.78 Å². The van der Waals surface area contributed by atoms with Gasteiger partial charge in [0.2, 0.25) is 0 Å².